The molecule has 0 radical (unpaired) electrons. The van der Waals surface area contributed by atoms with E-state index in [1.807, 2.05) is 0 Å². The summed E-state index contributed by atoms with van der Waals surface area (Å²) in [5.41, 5.74) is -0.947. The average Bonchev–Trinajstić information content (AvgIpc) is 2.49. The Kier molecular flexibility index (Phi) is 7.25. The zero-order valence-electron chi connectivity index (χ0n) is 15.6. The number of nitro benzene ring substituents is 1. The first-order valence-corrected chi connectivity index (χ1v) is 9.38. The van der Waals surface area contributed by atoms with Crippen LogP contribution in [0.2, 0.25) is 0 Å². The van der Waals surface area contributed by atoms with Gasteiger partial charge in [0.05, 0.1) is 9.82 Å². The summed E-state index contributed by atoms with van der Waals surface area (Å²) in [6.45, 7) is 5.12. The highest BCUT2D eigenvalue weighted by molar-refractivity contribution is 7.89. The molecule has 0 saturated heterocycles. The fourth-order valence-electron chi connectivity index (χ4n) is 2.00. The maximum atomic E-state index is 12.9. The quantitative estimate of drug-likeness (QED) is 0.377. The van der Waals surface area contributed by atoms with Gasteiger partial charge in [-0.05, 0) is 47.0 Å². The van der Waals surface area contributed by atoms with E-state index in [9.17, 15) is 23.3 Å². The minimum atomic E-state index is -4.01. The number of nitro groups is 1. The molecule has 146 valence electrons. The van der Waals surface area contributed by atoms with Crippen LogP contribution in [0.15, 0.2) is 29.2 Å². The van der Waals surface area contributed by atoms with Crippen molar-refractivity contribution in [2.45, 2.75) is 31.3 Å². The summed E-state index contributed by atoms with van der Waals surface area (Å²) in [6.07, 6.45) is 0. The van der Waals surface area contributed by atoms with Gasteiger partial charge in [0.15, 0.2) is 0 Å². The van der Waals surface area contributed by atoms with Gasteiger partial charge < -0.3 is 9.64 Å². The third-order valence-electron chi connectivity index (χ3n) is 3.21. The Morgan fingerprint density at radius 1 is 1.15 bits per heavy atom. The van der Waals surface area contributed by atoms with Crippen LogP contribution in [-0.2, 0) is 19.6 Å². The van der Waals surface area contributed by atoms with Gasteiger partial charge in [0.1, 0.15) is 12.1 Å². The molecule has 0 amide bonds. The Balaban J connectivity index is 3.09. The van der Waals surface area contributed by atoms with Crippen LogP contribution >= 0.6 is 0 Å². The average molecular weight is 387 g/mol. The summed E-state index contributed by atoms with van der Waals surface area (Å²) in [5, 5.41) is 10.7. The molecule has 0 saturated carbocycles. The highest BCUT2D eigenvalue weighted by Crippen LogP contribution is 2.20. The van der Waals surface area contributed by atoms with E-state index in [1.54, 1.807) is 39.8 Å². The van der Waals surface area contributed by atoms with Crippen molar-refractivity contribution in [1.29, 1.82) is 0 Å². The molecule has 0 heterocycles. The summed E-state index contributed by atoms with van der Waals surface area (Å²) < 4.78 is 31.9. The lowest BCUT2D eigenvalue weighted by Gasteiger charge is -2.25. The molecule has 26 heavy (non-hydrogen) atoms. The van der Waals surface area contributed by atoms with Crippen LogP contribution in [0.4, 0.5) is 5.69 Å². The van der Waals surface area contributed by atoms with Gasteiger partial charge >= 0.3 is 5.97 Å². The van der Waals surface area contributed by atoms with E-state index in [2.05, 4.69) is 0 Å². The van der Waals surface area contributed by atoms with Gasteiger partial charge in [0.2, 0.25) is 10.0 Å². The smallest absolute Gasteiger partial charge is 0.321 e. The van der Waals surface area contributed by atoms with Crippen LogP contribution in [0.5, 0.6) is 0 Å². The number of carbonyl (C=O) groups excluding carboxylic acids is 1. The molecule has 0 N–H and O–H groups in total. The molecule has 0 aliphatic rings. The van der Waals surface area contributed by atoms with Gasteiger partial charge in [0, 0.05) is 25.2 Å². The number of hydrogen-bond acceptors (Lipinski definition) is 7. The molecule has 0 fully saturated rings. The van der Waals surface area contributed by atoms with Crippen molar-refractivity contribution in [1.82, 2.24) is 9.21 Å². The number of rotatable bonds is 8. The van der Waals surface area contributed by atoms with Crippen LogP contribution in [0.25, 0.3) is 0 Å². The lowest BCUT2D eigenvalue weighted by atomic mass is 10.2. The number of benzene rings is 1. The first-order valence-electron chi connectivity index (χ1n) is 7.94. The molecule has 0 spiro atoms. The van der Waals surface area contributed by atoms with Crippen LogP contribution in [0, 0.1) is 10.1 Å². The zero-order chi connectivity index (χ0) is 20.1. The van der Waals surface area contributed by atoms with E-state index in [-0.39, 0.29) is 17.1 Å². The van der Waals surface area contributed by atoms with Crippen molar-refractivity contribution >= 4 is 21.7 Å². The molecule has 0 aliphatic carbocycles. The minimum absolute atomic E-state index is 0.0750. The summed E-state index contributed by atoms with van der Waals surface area (Å²) in [7, 11) is -0.443. The Labute approximate surface area is 153 Å². The number of nitrogens with zero attached hydrogens (tertiary/aromatic N) is 3. The van der Waals surface area contributed by atoms with E-state index in [0.29, 0.717) is 6.54 Å². The van der Waals surface area contributed by atoms with E-state index in [4.69, 9.17) is 4.74 Å². The van der Waals surface area contributed by atoms with Crippen molar-refractivity contribution in [3.05, 3.63) is 34.4 Å². The van der Waals surface area contributed by atoms with Crippen LogP contribution in [0.1, 0.15) is 20.8 Å². The van der Waals surface area contributed by atoms with Gasteiger partial charge in [-0.1, -0.05) is 0 Å². The SMILES string of the molecule is CN(C)CCN(CC(=O)OC(C)(C)C)S(=O)(=O)c1ccc([N+](=O)[O-])cc1. The van der Waals surface area contributed by atoms with Crippen molar-refractivity contribution in [2.75, 3.05) is 33.7 Å². The van der Waals surface area contributed by atoms with Gasteiger partial charge in [0.25, 0.3) is 5.69 Å². The first-order chi connectivity index (χ1) is 11.8. The van der Waals surface area contributed by atoms with E-state index in [1.165, 1.54) is 0 Å². The number of ether oxygens (including phenoxy) is 1. The number of carbonyl (C=O) groups is 1. The van der Waals surface area contributed by atoms with E-state index in [0.717, 1.165) is 28.6 Å². The van der Waals surface area contributed by atoms with Crippen molar-refractivity contribution < 1.29 is 22.9 Å². The molecule has 9 nitrogen and oxygen atoms in total. The Morgan fingerprint density at radius 2 is 1.69 bits per heavy atom. The maximum Gasteiger partial charge on any atom is 0.321 e. The van der Waals surface area contributed by atoms with Crippen molar-refractivity contribution in [3.8, 4) is 0 Å². The number of hydrogen-bond donors (Lipinski definition) is 0. The van der Waals surface area contributed by atoms with Gasteiger partial charge in [-0.15, -0.1) is 0 Å². The second kappa shape index (κ2) is 8.56. The zero-order valence-corrected chi connectivity index (χ0v) is 16.4. The number of sulfonamides is 1. The third kappa shape index (κ3) is 6.70. The van der Waals surface area contributed by atoms with Gasteiger partial charge in [-0.3, -0.25) is 14.9 Å². The second-order valence-electron chi connectivity index (χ2n) is 6.98. The predicted octanol–water partition coefficient (Wildman–Crippen LogP) is 1.49. The summed E-state index contributed by atoms with van der Waals surface area (Å²) >= 11 is 0. The van der Waals surface area contributed by atoms with Crippen molar-refractivity contribution in [3.63, 3.8) is 0 Å². The molecule has 1 aromatic carbocycles. The third-order valence-corrected chi connectivity index (χ3v) is 5.07. The van der Waals surface area contributed by atoms with Crippen LogP contribution in [-0.4, -0.2) is 67.8 Å². The number of likely N-dealkylation sites (N-methyl/N-ethyl adjacent to an activating group) is 1. The molecular formula is C16H25N3O6S. The monoisotopic (exact) mass is 387 g/mol. The number of esters is 1. The standard InChI is InChI=1S/C16H25N3O6S/c1-16(2,3)25-15(20)12-18(11-10-17(4)5)26(23,24)14-8-6-13(7-9-14)19(21)22/h6-9H,10-12H2,1-5H3. The highest BCUT2D eigenvalue weighted by Gasteiger charge is 2.29. The topological polar surface area (TPSA) is 110 Å². The summed E-state index contributed by atoms with van der Waals surface area (Å²) in [6, 6.07) is 4.55. The Hall–Kier alpha value is -2.04. The molecule has 0 bridgehead atoms. The van der Waals surface area contributed by atoms with Crippen molar-refractivity contribution in [2.24, 2.45) is 0 Å². The predicted molar refractivity (Wildman–Crippen MR) is 96.3 cm³/mol. The largest absolute Gasteiger partial charge is 0.459 e. The highest BCUT2D eigenvalue weighted by atomic mass is 32.2. The first kappa shape index (κ1) is 22.0. The lowest BCUT2D eigenvalue weighted by molar-refractivity contribution is -0.384. The molecule has 10 heteroatoms. The van der Waals surface area contributed by atoms with Crippen LogP contribution in [0.3, 0.4) is 0 Å². The molecule has 0 aromatic heterocycles. The molecular weight excluding hydrogens is 362 g/mol. The molecule has 1 rings (SSSR count). The maximum absolute atomic E-state index is 12.9. The van der Waals surface area contributed by atoms with Crippen LogP contribution < -0.4 is 0 Å². The second-order valence-corrected chi connectivity index (χ2v) is 8.92. The fourth-order valence-corrected chi connectivity index (χ4v) is 3.38. The Bertz CT molecular complexity index is 738. The number of non-ortho nitro benzene ring substituents is 1. The molecule has 1 aromatic rings. The molecule has 0 unspecified atom stereocenters. The molecule has 0 atom stereocenters. The molecule has 0 aliphatic heterocycles. The normalized spacial score (nSPS) is 12.4. The van der Waals surface area contributed by atoms with Gasteiger partial charge in [-0.25, -0.2) is 8.42 Å². The van der Waals surface area contributed by atoms with E-state index < -0.39 is 33.1 Å². The summed E-state index contributed by atoms with van der Waals surface area (Å²) in [5.74, 6) is -0.665. The Morgan fingerprint density at radius 3 is 2.12 bits per heavy atom. The van der Waals surface area contributed by atoms with E-state index >= 15 is 0 Å². The minimum Gasteiger partial charge on any atom is -0.459 e. The summed E-state index contributed by atoms with van der Waals surface area (Å²) in [4.78, 5) is 23.9. The lowest BCUT2D eigenvalue weighted by Crippen LogP contribution is -2.41. The fraction of sp³-hybridized carbons (Fsp3) is 0.562. The van der Waals surface area contributed by atoms with Gasteiger partial charge in [-0.2, -0.15) is 4.31 Å².